The van der Waals surface area contributed by atoms with E-state index in [-0.39, 0.29) is 6.13 Å². The smallest absolute Gasteiger partial charge is 0.0640 e. The molecule has 2 heterocycles. The van der Waals surface area contributed by atoms with E-state index in [9.17, 15) is 0 Å². The second-order valence-corrected chi connectivity index (χ2v) is 3.79. The highest BCUT2D eigenvalue weighted by Gasteiger charge is 2.10. The SMILES string of the molecule is CCN1CCCCC1.F.NC1COC1.[HH]. The summed E-state index contributed by atoms with van der Waals surface area (Å²) in [5, 5.41) is 0. The predicted molar refractivity (Wildman–Crippen MR) is 59.4 cm³/mol. The fraction of sp³-hybridized carbons (Fsp3) is 1.00. The number of rotatable bonds is 1. The summed E-state index contributed by atoms with van der Waals surface area (Å²) in [5.41, 5.74) is 5.25. The summed E-state index contributed by atoms with van der Waals surface area (Å²) in [6, 6.07) is 0.343. The molecular formula is C10H25FN2O. The summed E-state index contributed by atoms with van der Waals surface area (Å²) in [4.78, 5) is 2.52. The van der Waals surface area contributed by atoms with Gasteiger partial charge in [-0.2, -0.15) is 0 Å². The monoisotopic (exact) mass is 208 g/mol. The molecule has 0 unspecified atom stereocenters. The highest BCUT2D eigenvalue weighted by molar-refractivity contribution is 4.65. The van der Waals surface area contributed by atoms with Crippen LogP contribution in [-0.2, 0) is 4.74 Å². The van der Waals surface area contributed by atoms with Crippen LogP contribution < -0.4 is 5.73 Å². The first-order valence-electron chi connectivity index (χ1n) is 5.38. The number of piperidine rings is 1. The molecule has 0 spiro atoms. The molecule has 2 aliphatic rings. The Morgan fingerprint density at radius 1 is 1.29 bits per heavy atom. The average molecular weight is 208 g/mol. The fourth-order valence-electron chi connectivity index (χ4n) is 1.53. The molecule has 0 aromatic rings. The number of nitrogens with zero attached hydrogens (tertiary/aromatic N) is 1. The summed E-state index contributed by atoms with van der Waals surface area (Å²) in [6.07, 6.45) is 4.30. The van der Waals surface area contributed by atoms with Crippen LogP contribution in [0.15, 0.2) is 0 Å². The van der Waals surface area contributed by atoms with Gasteiger partial charge in [-0.05, 0) is 32.5 Å². The zero-order chi connectivity index (χ0) is 9.52. The lowest BCUT2D eigenvalue weighted by atomic mass is 10.1. The number of hydrogen-bond donors (Lipinski definition) is 1. The van der Waals surface area contributed by atoms with Crippen LogP contribution in [0.2, 0.25) is 0 Å². The van der Waals surface area contributed by atoms with Crippen LogP contribution in [0.3, 0.4) is 0 Å². The van der Waals surface area contributed by atoms with Crippen molar-refractivity contribution in [1.29, 1.82) is 0 Å². The van der Waals surface area contributed by atoms with Crippen LogP contribution in [0.1, 0.15) is 27.6 Å². The number of likely N-dealkylation sites (tertiary alicyclic amines) is 1. The van der Waals surface area contributed by atoms with Crippen molar-refractivity contribution in [2.24, 2.45) is 5.73 Å². The molecule has 0 aromatic carbocycles. The minimum absolute atomic E-state index is 0. The summed E-state index contributed by atoms with van der Waals surface area (Å²) < 4.78 is 4.71. The van der Waals surface area contributed by atoms with E-state index in [2.05, 4.69) is 11.8 Å². The maximum atomic E-state index is 5.25. The molecular weight excluding hydrogens is 183 g/mol. The lowest BCUT2D eigenvalue weighted by molar-refractivity contribution is 0.0121. The van der Waals surface area contributed by atoms with Crippen LogP contribution in [-0.4, -0.2) is 43.8 Å². The van der Waals surface area contributed by atoms with Gasteiger partial charge in [-0.25, -0.2) is 0 Å². The van der Waals surface area contributed by atoms with Gasteiger partial charge in [-0.1, -0.05) is 13.3 Å². The third-order valence-corrected chi connectivity index (χ3v) is 2.56. The van der Waals surface area contributed by atoms with Gasteiger partial charge < -0.3 is 15.4 Å². The van der Waals surface area contributed by atoms with E-state index in [0.29, 0.717) is 6.04 Å². The standard InChI is InChI=1S/C7H15N.C3H7NO.FH.H2/c1-2-8-6-4-3-5-7-8;4-3-1-5-2-3;;/h2-7H2,1H3;3H,1-2,4H2;2*1H. The Kier molecular flexibility index (Phi) is 8.04. The van der Waals surface area contributed by atoms with Crippen LogP contribution in [0, 0.1) is 0 Å². The Labute approximate surface area is 87.4 Å². The van der Waals surface area contributed by atoms with E-state index >= 15 is 0 Å². The van der Waals surface area contributed by atoms with Crippen molar-refractivity contribution in [3.05, 3.63) is 0 Å². The first-order valence-corrected chi connectivity index (χ1v) is 5.38. The quantitative estimate of drug-likeness (QED) is 0.704. The first-order chi connectivity index (χ1) is 6.33. The Morgan fingerprint density at radius 3 is 2.00 bits per heavy atom. The lowest BCUT2D eigenvalue weighted by Gasteiger charge is -2.24. The molecule has 88 valence electrons. The van der Waals surface area contributed by atoms with E-state index in [0.717, 1.165) is 13.2 Å². The maximum absolute atomic E-state index is 5.25. The topological polar surface area (TPSA) is 38.5 Å². The third-order valence-electron chi connectivity index (χ3n) is 2.56. The largest absolute Gasteiger partial charge is 0.378 e. The van der Waals surface area contributed by atoms with E-state index in [1.165, 1.54) is 38.9 Å². The zero-order valence-corrected chi connectivity index (χ0v) is 9.08. The Hall–Kier alpha value is -0.190. The van der Waals surface area contributed by atoms with E-state index < -0.39 is 0 Å². The second kappa shape index (κ2) is 8.15. The number of hydrogen-bond acceptors (Lipinski definition) is 3. The fourth-order valence-corrected chi connectivity index (χ4v) is 1.53. The van der Waals surface area contributed by atoms with Crippen molar-refractivity contribution in [2.75, 3.05) is 32.8 Å². The van der Waals surface area contributed by atoms with Gasteiger partial charge in [-0.15, -0.1) is 0 Å². The summed E-state index contributed by atoms with van der Waals surface area (Å²) in [5.74, 6) is 0. The Balaban J connectivity index is 0. The molecule has 2 N–H and O–H groups in total. The first kappa shape index (κ1) is 13.8. The number of ether oxygens (including phenoxy) is 1. The average Bonchev–Trinajstić information content (AvgIpc) is 2.17. The van der Waals surface area contributed by atoms with Gasteiger partial charge >= 0.3 is 0 Å². The molecule has 2 rings (SSSR count). The molecule has 2 saturated heterocycles. The van der Waals surface area contributed by atoms with E-state index in [1.54, 1.807) is 0 Å². The number of halogens is 1. The zero-order valence-electron chi connectivity index (χ0n) is 9.08. The minimum atomic E-state index is 0. The van der Waals surface area contributed by atoms with Crippen molar-refractivity contribution >= 4 is 0 Å². The minimum Gasteiger partial charge on any atom is -0.378 e. The van der Waals surface area contributed by atoms with Gasteiger partial charge in [-0.3, -0.25) is 4.70 Å². The number of nitrogens with two attached hydrogens (primary N) is 1. The molecule has 0 bridgehead atoms. The summed E-state index contributed by atoms with van der Waals surface area (Å²) in [7, 11) is 0. The third kappa shape index (κ3) is 5.52. The van der Waals surface area contributed by atoms with Crippen molar-refractivity contribution < 1.29 is 10.9 Å². The molecule has 2 aliphatic heterocycles. The van der Waals surface area contributed by atoms with Gasteiger partial charge in [0.05, 0.1) is 19.3 Å². The second-order valence-electron chi connectivity index (χ2n) is 3.79. The molecule has 2 fully saturated rings. The molecule has 4 heteroatoms. The van der Waals surface area contributed by atoms with Crippen LogP contribution in [0.4, 0.5) is 4.70 Å². The van der Waals surface area contributed by atoms with E-state index in [4.69, 9.17) is 10.5 Å². The molecule has 0 atom stereocenters. The molecule has 3 nitrogen and oxygen atoms in total. The summed E-state index contributed by atoms with van der Waals surface area (Å²) in [6.45, 7) is 7.71. The van der Waals surface area contributed by atoms with Gasteiger partial charge in [0.1, 0.15) is 0 Å². The van der Waals surface area contributed by atoms with Crippen molar-refractivity contribution in [2.45, 2.75) is 32.2 Å². The van der Waals surface area contributed by atoms with E-state index in [1.807, 2.05) is 0 Å². The highest BCUT2D eigenvalue weighted by Crippen LogP contribution is 2.06. The molecule has 0 amide bonds. The molecule has 0 saturated carbocycles. The Bertz CT molecular complexity index is 131. The van der Waals surface area contributed by atoms with Crippen molar-refractivity contribution in [1.82, 2.24) is 4.90 Å². The maximum Gasteiger partial charge on any atom is 0.0640 e. The van der Waals surface area contributed by atoms with Gasteiger partial charge in [0.25, 0.3) is 0 Å². The molecule has 0 aliphatic carbocycles. The molecule has 14 heavy (non-hydrogen) atoms. The molecule has 0 radical (unpaired) electrons. The normalized spacial score (nSPS) is 22.7. The van der Waals surface area contributed by atoms with Crippen LogP contribution in [0.5, 0.6) is 0 Å². The van der Waals surface area contributed by atoms with Gasteiger partial charge in [0.2, 0.25) is 0 Å². The Morgan fingerprint density at radius 2 is 1.79 bits per heavy atom. The summed E-state index contributed by atoms with van der Waals surface area (Å²) >= 11 is 0. The van der Waals surface area contributed by atoms with Crippen molar-refractivity contribution in [3.63, 3.8) is 0 Å². The van der Waals surface area contributed by atoms with Crippen LogP contribution >= 0.6 is 0 Å². The lowest BCUT2D eigenvalue weighted by Crippen LogP contribution is -2.41. The van der Waals surface area contributed by atoms with Gasteiger partial charge in [0.15, 0.2) is 0 Å². The van der Waals surface area contributed by atoms with Gasteiger partial charge in [0, 0.05) is 1.43 Å². The van der Waals surface area contributed by atoms with Crippen molar-refractivity contribution in [3.8, 4) is 0 Å². The highest BCUT2D eigenvalue weighted by atomic mass is 19.0. The predicted octanol–water partition coefficient (Wildman–Crippen LogP) is 1.23. The van der Waals surface area contributed by atoms with Crippen LogP contribution in [0.25, 0.3) is 0 Å². The molecule has 0 aromatic heterocycles.